The van der Waals surface area contributed by atoms with E-state index in [2.05, 4.69) is 36.5 Å². The largest absolute Gasteiger partial charge is 0.414 e. The zero-order valence-corrected chi connectivity index (χ0v) is 18.7. The fourth-order valence-electron chi connectivity index (χ4n) is 3.13. The van der Waals surface area contributed by atoms with Gasteiger partial charge in [-0.3, -0.25) is 9.59 Å². The Bertz CT molecular complexity index is 1400. The molecule has 4 rings (SSSR count). The highest BCUT2D eigenvalue weighted by atomic mass is 79.9. The summed E-state index contributed by atoms with van der Waals surface area (Å²) >= 11 is 3.24. The highest BCUT2D eigenvalue weighted by Gasteiger charge is 2.20. The van der Waals surface area contributed by atoms with Crippen molar-refractivity contribution in [2.45, 2.75) is 0 Å². The zero-order chi connectivity index (χ0) is 23.5. The Hall–Kier alpha value is -4.05. The van der Waals surface area contributed by atoms with Gasteiger partial charge in [-0.1, -0.05) is 34.1 Å². The summed E-state index contributed by atoms with van der Waals surface area (Å²) in [5.41, 5.74) is 1.46. The molecule has 0 saturated heterocycles. The van der Waals surface area contributed by atoms with Crippen molar-refractivity contribution in [1.29, 1.82) is 0 Å². The Kier molecular flexibility index (Phi) is 6.18. The molecule has 8 nitrogen and oxygen atoms in total. The standard InChI is InChI=1S/C23H16BrFN4O4/c1-26-23(32)33-22-28-17-9-6-12(10-19(17)29-22)20(30)14-4-2-3-5-15(14)21(31)27-18-11-13(24)7-8-16(18)25/h2-11H,1H3,(H,26,32)(H,27,31)(H,28,29). The van der Waals surface area contributed by atoms with Crippen molar-refractivity contribution in [3.63, 3.8) is 0 Å². The molecule has 0 unspecified atom stereocenters. The summed E-state index contributed by atoms with van der Waals surface area (Å²) in [6, 6.07) is 15.1. The number of amides is 2. The molecular weight excluding hydrogens is 495 g/mol. The predicted octanol–water partition coefficient (Wildman–Crippen LogP) is 4.67. The van der Waals surface area contributed by atoms with Crippen LogP contribution in [0, 0.1) is 5.82 Å². The van der Waals surface area contributed by atoms with Gasteiger partial charge in [-0.25, -0.2) is 9.18 Å². The quantitative estimate of drug-likeness (QED) is 0.337. The van der Waals surface area contributed by atoms with E-state index in [1.54, 1.807) is 30.3 Å². The van der Waals surface area contributed by atoms with Crippen molar-refractivity contribution in [3.8, 4) is 6.01 Å². The lowest BCUT2D eigenvalue weighted by Crippen LogP contribution is -2.22. The third-order valence-corrected chi connectivity index (χ3v) is 5.20. The third-order valence-electron chi connectivity index (χ3n) is 4.71. The van der Waals surface area contributed by atoms with E-state index in [-0.39, 0.29) is 28.4 Å². The van der Waals surface area contributed by atoms with Crippen LogP contribution in [0.15, 0.2) is 65.1 Å². The molecule has 1 aromatic heterocycles. The van der Waals surface area contributed by atoms with E-state index in [0.29, 0.717) is 15.5 Å². The van der Waals surface area contributed by atoms with Crippen molar-refractivity contribution in [2.75, 3.05) is 12.4 Å². The summed E-state index contributed by atoms with van der Waals surface area (Å²) in [4.78, 5) is 44.4. The van der Waals surface area contributed by atoms with Crippen molar-refractivity contribution in [2.24, 2.45) is 0 Å². The van der Waals surface area contributed by atoms with Gasteiger partial charge in [0.2, 0.25) is 0 Å². The van der Waals surface area contributed by atoms with Crippen LogP contribution in [-0.2, 0) is 0 Å². The zero-order valence-electron chi connectivity index (χ0n) is 17.1. The molecule has 33 heavy (non-hydrogen) atoms. The third kappa shape index (κ3) is 4.75. The van der Waals surface area contributed by atoms with Crippen LogP contribution in [0.5, 0.6) is 6.01 Å². The van der Waals surface area contributed by atoms with Crippen LogP contribution >= 0.6 is 15.9 Å². The highest BCUT2D eigenvalue weighted by molar-refractivity contribution is 9.10. The topological polar surface area (TPSA) is 113 Å². The van der Waals surface area contributed by atoms with Gasteiger partial charge in [-0.2, -0.15) is 4.98 Å². The number of imidazole rings is 1. The van der Waals surface area contributed by atoms with Gasteiger partial charge in [0.25, 0.3) is 5.91 Å². The number of benzene rings is 3. The molecule has 2 amide bonds. The number of hydrogen-bond acceptors (Lipinski definition) is 5. The number of aromatic nitrogens is 2. The van der Waals surface area contributed by atoms with Crippen molar-refractivity contribution in [3.05, 3.63) is 87.6 Å². The Morgan fingerprint density at radius 1 is 1.03 bits per heavy atom. The number of ketones is 1. The van der Waals surface area contributed by atoms with E-state index in [1.165, 1.54) is 37.4 Å². The smallest absolute Gasteiger partial charge is 0.375 e. The minimum absolute atomic E-state index is 0.0147. The molecule has 0 atom stereocenters. The van der Waals surface area contributed by atoms with Crippen LogP contribution in [0.25, 0.3) is 11.0 Å². The Morgan fingerprint density at radius 3 is 2.55 bits per heavy atom. The lowest BCUT2D eigenvalue weighted by atomic mass is 9.97. The number of nitrogens with zero attached hydrogens (tertiary/aromatic N) is 1. The lowest BCUT2D eigenvalue weighted by Gasteiger charge is -2.11. The van der Waals surface area contributed by atoms with Crippen LogP contribution in [0.3, 0.4) is 0 Å². The molecule has 0 saturated carbocycles. The number of carbonyl (C=O) groups excluding carboxylic acids is 3. The molecule has 0 bridgehead atoms. The molecule has 10 heteroatoms. The van der Waals surface area contributed by atoms with Gasteiger partial charge < -0.3 is 20.4 Å². The summed E-state index contributed by atoms with van der Waals surface area (Å²) in [6.07, 6.45) is -0.688. The van der Waals surface area contributed by atoms with Gasteiger partial charge in [-0.15, -0.1) is 0 Å². The monoisotopic (exact) mass is 510 g/mol. The maximum atomic E-state index is 14.1. The summed E-state index contributed by atoms with van der Waals surface area (Å²) in [5.74, 6) is -1.64. The van der Waals surface area contributed by atoms with Crippen LogP contribution in [0.4, 0.5) is 14.9 Å². The van der Waals surface area contributed by atoms with Crippen molar-refractivity contribution in [1.82, 2.24) is 15.3 Å². The number of carbonyl (C=O) groups is 3. The molecule has 3 N–H and O–H groups in total. The van der Waals surface area contributed by atoms with Gasteiger partial charge in [0.1, 0.15) is 5.82 Å². The number of nitrogens with one attached hydrogen (secondary N) is 3. The van der Waals surface area contributed by atoms with Crippen LogP contribution in [0.2, 0.25) is 0 Å². The second-order valence-corrected chi connectivity index (χ2v) is 7.78. The Balaban J connectivity index is 1.64. The second-order valence-electron chi connectivity index (χ2n) is 6.87. The minimum atomic E-state index is -0.688. The van der Waals surface area contributed by atoms with Crippen molar-refractivity contribution < 1.29 is 23.5 Å². The molecule has 0 spiro atoms. The molecule has 0 aliphatic carbocycles. The van der Waals surface area contributed by atoms with Gasteiger partial charge in [0, 0.05) is 22.6 Å². The van der Waals surface area contributed by atoms with E-state index in [4.69, 9.17) is 4.74 Å². The van der Waals surface area contributed by atoms with E-state index < -0.39 is 23.6 Å². The van der Waals surface area contributed by atoms with E-state index >= 15 is 0 Å². The number of aromatic amines is 1. The number of rotatable bonds is 5. The minimum Gasteiger partial charge on any atom is -0.375 e. The highest BCUT2D eigenvalue weighted by Crippen LogP contribution is 2.24. The first-order chi connectivity index (χ1) is 15.9. The van der Waals surface area contributed by atoms with Crippen LogP contribution in [-0.4, -0.2) is 34.8 Å². The molecular formula is C23H16BrFN4O4. The van der Waals surface area contributed by atoms with E-state index in [0.717, 1.165) is 0 Å². The van der Waals surface area contributed by atoms with E-state index in [1.807, 2.05) is 0 Å². The fourth-order valence-corrected chi connectivity index (χ4v) is 3.49. The Labute approximate surface area is 195 Å². The maximum Gasteiger partial charge on any atom is 0.414 e. The molecule has 0 fully saturated rings. The molecule has 3 aromatic carbocycles. The molecule has 1 heterocycles. The summed E-state index contributed by atoms with van der Waals surface area (Å²) < 4.78 is 19.6. The number of H-pyrrole nitrogens is 1. The average Bonchev–Trinajstić information content (AvgIpc) is 3.22. The van der Waals surface area contributed by atoms with Crippen LogP contribution < -0.4 is 15.4 Å². The number of hydrogen-bond donors (Lipinski definition) is 3. The van der Waals surface area contributed by atoms with Gasteiger partial charge in [0.15, 0.2) is 5.78 Å². The first kappa shape index (κ1) is 22.2. The first-order valence-electron chi connectivity index (χ1n) is 9.65. The summed E-state index contributed by atoms with van der Waals surface area (Å²) in [7, 11) is 1.42. The fraction of sp³-hybridized carbons (Fsp3) is 0.0435. The SMILES string of the molecule is CNC(=O)Oc1nc2ccc(C(=O)c3ccccc3C(=O)Nc3cc(Br)ccc3F)cc2[nH]1. The number of ether oxygens (including phenoxy) is 1. The molecule has 4 aromatic rings. The maximum absolute atomic E-state index is 14.1. The van der Waals surface area contributed by atoms with Gasteiger partial charge in [-0.05, 0) is 42.5 Å². The van der Waals surface area contributed by atoms with Gasteiger partial charge in [0.05, 0.1) is 22.3 Å². The Morgan fingerprint density at radius 2 is 1.79 bits per heavy atom. The summed E-state index contributed by atoms with van der Waals surface area (Å²) in [6.45, 7) is 0. The molecule has 0 aliphatic heterocycles. The molecule has 0 radical (unpaired) electrons. The average molecular weight is 511 g/mol. The van der Waals surface area contributed by atoms with E-state index in [9.17, 15) is 18.8 Å². The van der Waals surface area contributed by atoms with Crippen molar-refractivity contribution >= 4 is 50.4 Å². The predicted molar refractivity (Wildman–Crippen MR) is 123 cm³/mol. The first-order valence-corrected chi connectivity index (χ1v) is 10.4. The van der Waals surface area contributed by atoms with Crippen LogP contribution in [0.1, 0.15) is 26.3 Å². The lowest BCUT2D eigenvalue weighted by molar-refractivity contribution is 0.0996. The number of halogens is 2. The number of anilines is 1. The normalized spacial score (nSPS) is 10.6. The van der Waals surface area contributed by atoms with Gasteiger partial charge >= 0.3 is 12.1 Å². The molecule has 166 valence electrons. The second kappa shape index (κ2) is 9.21. The molecule has 0 aliphatic rings. The summed E-state index contributed by atoms with van der Waals surface area (Å²) in [5, 5.41) is 4.81. The number of fused-ring (bicyclic) bond motifs is 1.